The van der Waals surface area contributed by atoms with Crippen LogP contribution >= 0.6 is 15.9 Å². The van der Waals surface area contributed by atoms with Crippen LogP contribution in [-0.4, -0.2) is 41.0 Å². The zero-order chi connectivity index (χ0) is 20.2. The fourth-order valence-electron chi connectivity index (χ4n) is 3.35. The predicted molar refractivity (Wildman–Crippen MR) is 113 cm³/mol. The van der Waals surface area contributed by atoms with E-state index in [1.807, 2.05) is 29.2 Å². The summed E-state index contributed by atoms with van der Waals surface area (Å²) in [6.07, 6.45) is 5.18. The van der Waals surface area contributed by atoms with E-state index in [1.165, 1.54) is 0 Å². The Bertz CT molecular complexity index is 878. The molecule has 0 radical (unpaired) electrons. The highest BCUT2D eigenvalue weighted by Crippen LogP contribution is 2.32. The first-order valence-corrected chi connectivity index (χ1v) is 10.6. The molecule has 1 aromatic carbocycles. The first-order valence-electron chi connectivity index (χ1n) is 9.82. The molecule has 2 heterocycles. The van der Waals surface area contributed by atoms with E-state index < -0.39 is 0 Å². The van der Waals surface area contributed by atoms with Gasteiger partial charge in [0.2, 0.25) is 11.8 Å². The van der Waals surface area contributed by atoms with Crippen LogP contribution in [0, 0.1) is 5.92 Å². The third-order valence-corrected chi connectivity index (χ3v) is 5.57. The van der Waals surface area contributed by atoms with Crippen LogP contribution in [0.25, 0.3) is 0 Å². The van der Waals surface area contributed by atoms with Gasteiger partial charge in [0, 0.05) is 35.6 Å². The minimum atomic E-state index is -0.264. The van der Waals surface area contributed by atoms with Crippen molar-refractivity contribution in [1.82, 2.24) is 15.2 Å². The maximum absolute atomic E-state index is 12.3. The zero-order valence-electron chi connectivity index (χ0n) is 15.9. The van der Waals surface area contributed by atoms with Crippen LogP contribution in [-0.2, 0) is 4.79 Å². The number of nitrogens with one attached hydrogen (secondary N) is 2. The SMILES string of the molecule is O=C(Nc1ccc(Oc2cccc(Br)c2)nc1)NC1CCN(C(=O)C2CC2)CC1. The van der Waals surface area contributed by atoms with E-state index in [-0.39, 0.29) is 23.9 Å². The lowest BCUT2D eigenvalue weighted by Gasteiger charge is -2.32. The molecule has 7 nitrogen and oxygen atoms in total. The maximum Gasteiger partial charge on any atom is 0.319 e. The summed E-state index contributed by atoms with van der Waals surface area (Å²) in [6.45, 7) is 1.42. The Labute approximate surface area is 178 Å². The molecule has 152 valence electrons. The van der Waals surface area contributed by atoms with Crippen molar-refractivity contribution >= 4 is 33.6 Å². The summed E-state index contributed by atoms with van der Waals surface area (Å²) in [6, 6.07) is 10.8. The van der Waals surface area contributed by atoms with Crippen LogP contribution in [0.2, 0.25) is 0 Å². The molecule has 2 aromatic rings. The van der Waals surface area contributed by atoms with E-state index in [9.17, 15) is 9.59 Å². The van der Waals surface area contributed by atoms with Crippen molar-refractivity contribution in [2.75, 3.05) is 18.4 Å². The van der Waals surface area contributed by atoms with Gasteiger partial charge in [0.05, 0.1) is 11.9 Å². The summed E-state index contributed by atoms with van der Waals surface area (Å²) in [4.78, 5) is 30.5. The van der Waals surface area contributed by atoms with E-state index >= 15 is 0 Å². The molecule has 0 atom stereocenters. The molecule has 2 aliphatic rings. The molecule has 2 fully saturated rings. The number of likely N-dealkylation sites (tertiary alicyclic amines) is 1. The lowest BCUT2D eigenvalue weighted by molar-refractivity contribution is -0.133. The van der Waals surface area contributed by atoms with Crippen LogP contribution in [0.1, 0.15) is 25.7 Å². The summed E-state index contributed by atoms with van der Waals surface area (Å²) >= 11 is 3.40. The average Bonchev–Trinajstić information content (AvgIpc) is 3.55. The van der Waals surface area contributed by atoms with Gasteiger partial charge in [-0.2, -0.15) is 0 Å². The van der Waals surface area contributed by atoms with E-state index in [1.54, 1.807) is 18.3 Å². The third kappa shape index (κ3) is 5.47. The molecular formula is C21H23BrN4O3. The van der Waals surface area contributed by atoms with Crippen LogP contribution in [0.3, 0.4) is 0 Å². The highest BCUT2D eigenvalue weighted by Gasteiger charge is 2.35. The Morgan fingerprint density at radius 3 is 2.55 bits per heavy atom. The minimum absolute atomic E-state index is 0.0744. The van der Waals surface area contributed by atoms with Crippen molar-refractivity contribution in [1.29, 1.82) is 0 Å². The molecule has 0 unspecified atom stereocenters. The van der Waals surface area contributed by atoms with Gasteiger partial charge in [-0.3, -0.25) is 4.79 Å². The Kier molecular flexibility index (Phi) is 5.99. The first kappa shape index (κ1) is 19.7. The van der Waals surface area contributed by atoms with Crippen LogP contribution < -0.4 is 15.4 Å². The second-order valence-electron chi connectivity index (χ2n) is 7.42. The molecule has 1 saturated carbocycles. The number of carbonyl (C=O) groups excluding carboxylic acids is 2. The van der Waals surface area contributed by atoms with Crippen molar-refractivity contribution in [3.63, 3.8) is 0 Å². The fourth-order valence-corrected chi connectivity index (χ4v) is 3.73. The van der Waals surface area contributed by atoms with E-state index in [0.29, 0.717) is 30.4 Å². The largest absolute Gasteiger partial charge is 0.439 e. The molecule has 1 aliphatic heterocycles. The molecule has 1 aromatic heterocycles. The van der Waals surface area contributed by atoms with Crippen molar-refractivity contribution in [3.8, 4) is 11.6 Å². The molecule has 3 amide bonds. The van der Waals surface area contributed by atoms with Gasteiger partial charge < -0.3 is 20.3 Å². The molecule has 4 rings (SSSR count). The second kappa shape index (κ2) is 8.82. The highest BCUT2D eigenvalue weighted by atomic mass is 79.9. The molecule has 1 aliphatic carbocycles. The number of piperidine rings is 1. The van der Waals surface area contributed by atoms with E-state index in [2.05, 4.69) is 31.5 Å². The monoisotopic (exact) mass is 458 g/mol. The smallest absolute Gasteiger partial charge is 0.319 e. The number of hydrogen-bond acceptors (Lipinski definition) is 4. The molecule has 29 heavy (non-hydrogen) atoms. The molecule has 1 saturated heterocycles. The lowest BCUT2D eigenvalue weighted by Crippen LogP contribution is -2.47. The van der Waals surface area contributed by atoms with Gasteiger partial charge in [-0.25, -0.2) is 9.78 Å². The topological polar surface area (TPSA) is 83.6 Å². The standard InChI is InChI=1S/C21H23BrN4O3/c22-15-2-1-3-18(12-15)29-19-7-6-17(13-23-19)25-21(28)24-16-8-10-26(11-9-16)20(27)14-4-5-14/h1-3,6-7,12-14,16H,4-5,8-11H2,(H2,24,25,28). The molecule has 8 heteroatoms. The highest BCUT2D eigenvalue weighted by molar-refractivity contribution is 9.10. The summed E-state index contributed by atoms with van der Waals surface area (Å²) in [5, 5.41) is 5.78. The lowest BCUT2D eigenvalue weighted by atomic mass is 10.0. The van der Waals surface area contributed by atoms with Crippen LogP contribution in [0.4, 0.5) is 10.5 Å². The maximum atomic E-state index is 12.3. The zero-order valence-corrected chi connectivity index (χ0v) is 17.5. The predicted octanol–water partition coefficient (Wildman–Crippen LogP) is 4.16. The number of benzene rings is 1. The number of ether oxygens (including phenoxy) is 1. The van der Waals surface area contributed by atoms with Gasteiger partial charge in [-0.15, -0.1) is 0 Å². The third-order valence-electron chi connectivity index (χ3n) is 5.08. The number of halogens is 1. The average molecular weight is 459 g/mol. The fraction of sp³-hybridized carbons (Fsp3) is 0.381. The van der Waals surface area contributed by atoms with Crippen molar-refractivity contribution in [2.45, 2.75) is 31.7 Å². The number of nitrogens with zero attached hydrogens (tertiary/aromatic N) is 2. The molecule has 0 spiro atoms. The van der Waals surface area contributed by atoms with Crippen LogP contribution in [0.5, 0.6) is 11.6 Å². The normalized spacial score (nSPS) is 16.9. The quantitative estimate of drug-likeness (QED) is 0.704. The van der Waals surface area contributed by atoms with Crippen LogP contribution in [0.15, 0.2) is 47.1 Å². The molecular weight excluding hydrogens is 436 g/mol. The molecule has 0 bridgehead atoms. The second-order valence-corrected chi connectivity index (χ2v) is 8.33. The number of anilines is 1. The Balaban J connectivity index is 1.23. The summed E-state index contributed by atoms with van der Waals surface area (Å²) in [7, 11) is 0. The van der Waals surface area contributed by atoms with Gasteiger partial charge in [0.1, 0.15) is 5.75 Å². The number of carbonyl (C=O) groups is 2. The van der Waals surface area contributed by atoms with Gasteiger partial charge in [0.15, 0.2) is 0 Å². The molecule has 2 N–H and O–H groups in total. The Morgan fingerprint density at radius 1 is 1.10 bits per heavy atom. The van der Waals surface area contributed by atoms with Crippen molar-refractivity contribution in [3.05, 3.63) is 47.1 Å². The number of rotatable bonds is 5. The van der Waals surface area contributed by atoms with Gasteiger partial charge in [-0.05, 0) is 49.9 Å². The van der Waals surface area contributed by atoms with Gasteiger partial charge in [-0.1, -0.05) is 22.0 Å². The van der Waals surface area contributed by atoms with E-state index in [4.69, 9.17) is 4.74 Å². The summed E-state index contributed by atoms with van der Waals surface area (Å²) < 4.78 is 6.61. The Morgan fingerprint density at radius 2 is 1.90 bits per heavy atom. The number of hydrogen-bond donors (Lipinski definition) is 2. The van der Waals surface area contributed by atoms with Crippen molar-refractivity contribution < 1.29 is 14.3 Å². The number of urea groups is 1. The first-order chi connectivity index (χ1) is 14.1. The van der Waals surface area contributed by atoms with Gasteiger partial charge >= 0.3 is 6.03 Å². The summed E-state index contributed by atoms with van der Waals surface area (Å²) in [5.74, 6) is 1.66. The minimum Gasteiger partial charge on any atom is -0.439 e. The van der Waals surface area contributed by atoms with E-state index in [0.717, 1.165) is 30.2 Å². The number of pyridine rings is 1. The Hall–Kier alpha value is -2.61. The number of amides is 3. The van der Waals surface area contributed by atoms with Gasteiger partial charge in [0.25, 0.3) is 0 Å². The summed E-state index contributed by atoms with van der Waals surface area (Å²) in [5.41, 5.74) is 0.588. The van der Waals surface area contributed by atoms with Crippen molar-refractivity contribution in [2.24, 2.45) is 5.92 Å². The number of aromatic nitrogens is 1.